The Morgan fingerprint density at radius 1 is 1.30 bits per heavy atom. The number of carbonyl (C=O) groups excluding carboxylic acids is 3. The molecular formula is C19H21N3O5. The fraction of sp³-hybridized carbons (Fsp3) is 0.316. The maximum Gasteiger partial charge on any atom is 0.287 e. The van der Waals surface area contributed by atoms with Gasteiger partial charge in [-0.2, -0.15) is 0 Å². The number of nitrogens with one attached hydrogen (secondary N) is 2. The number of benzene rings is 1. The molecule has 142 valence electrons. The first-order chi connectivity index (χ1) is 13.0. The highest BCUT2D eigenvalue weighted by Gasteiger charge is 2.25. The Morgan fingerprint density at radius 2 is 2.11 bits per heavy atom. The van der Waals surface area contributed by atoms with Gasteiger partial charge in [-0.15, -0.1) is 0 Å². The van der Waals surface area contributed by atoms with Gasteiger partial charge in [0.2, 0.25) is 11.8 Å². The summed E-state index contributed by atoms with van der Waals surface area (Å²) >= 11 is 0. The van der Waals surface area contributed by atoms with E-state index in [0.29, 0.717) is 30.1 Å². The lowest BCUT2D eigenvalue weighted by Gasteiger charge is -2.20. The second-order valence-corrected chi connectivity index (χ2v) is 6.20. The van der Waals surface area contributed by atoms with Crippen LogP contribution in [0.25, 0.3) is 0 Å². The van der Waals surface area contributed by atoms with Crippen molar-refractivity contribution in [1.29, 1.82) is 0 Å². The monoisotopic (exact) mass is 371 g/mol. The minimum atomic E-state index is -0.770. The summed E-state index contributed by atoms with van der Waals surface area (Å²) in [6, 6.07) is 7.43. The number of rotatable bonds is 6. The lowest BCUT2D eigenvalue weighted by atomic mass is 10.2. The van der Waals surface area contributed by atoms with E-state index in [0.717, 1.165) is 6.42 Å². The van der Waals surface area contributed by atoms with Crippen LogP contribution in [0.4, 0.5) is 11.4 Å². The number of hydrogen-bond donors (Lipinski definition) is 2. The third-order valence-corrected chi connectivity index (χ3v) is 4.30. The molecule has 8 heteroatoms. The molecule has 0 spiro atoms. The van der Waals surface area contributed by atoms with E-state index in [1.54, 1.807) is 36.1 Å². The van der Waals surface area contributed by atoms with Crippen LogP contribution in [-0.2, 0) is 9.59 Å². The predicted octanol–water partition coefficient (Wildman–Crippen LogP) is 2.17. The van der Waals surface area contributed by atoms with Crippen LogP contribution in [-0.4, -0.2) is 37.4 Å². The van der Waals surface area contributed by atoms with Crippen molar-refractivity contribution in [3.05, 3.63) is 42.4 Å². The van der Waals surface area contributed by atoms with Gasteiger partial charge in [-0.1, -0.05) is 0 Å². The van der Waals surface area contributed by atoms with Gasteiger partial charge in [0, 0.05) is 24.7 Å². The van der Waals surface area contributed by atoms with E-state index in [2.05, 4.69) is 10.6 Å². The number of carbonyl (C=O) groups is 3. The minimum Gasteiger partial charge on any atom is -0.494 e. The molecule has 0 radical (unpaired) electrons. The molecule has 0 saturated carbocycles. The van der Waals surface area contributed by atoms with Gasteiger partial charge in [0.15, 0.2) is 5.76 Å². The van der Waals surface area contributed by atoms with Gasteiger partial charge in [0.25, 0.3) is 5.91 Å². The quantitative estimate of drug-likeness (QED) is 0.810. The minimum absolute atomic E-state index is 0.0550. The Hall–Kier alpha value is -3.29. The highest BCUT2D eigenvalue weighted by atomic mass is 16.5. The van der Waals surface area contributed by atoms with Crippen molar-refractivity contribution in [2.45, 2.75) is 25.8 Å². The molecule has 8 nitrogen and oxygen atoms in total. The van der Waals surface area contributed by atoms with E-state index in [1.165, 1.54) is 19.4 Å². The van der Waals surface area contributed by atoms with Gasteiger partial charge < -0.3 is 24.7 Å². The number of ether oxygens (including phenoxy) is 1. The van der Waals surface area contributed by atoms with E-state index < -0.39 is 11.9 Å². The van der Waals surface area contributed by atoms with Gasteiger partial charge in [0.1, 0.15) is 11.8 Å². The van der Waals surface area contributed by atoms with Gasteiger partial charge in [-0.3, -0.25) is 14.4 Å². The summed E-state index contributed by atoms with van der Waals surface area (Å²) in [6.45, 7) is 2.22. The Bertz CT molecular complexity index is 847. The molecule has 1 saturated heterocycles. The van der Waals surface area contributed by atoms with Crippen molar-refractivity contribution in [2.75, 3.05) is 23.9 Å². The van der Waals surface area contributed by atoms with E-state index in [9.17, 15) is 14.4 Å². The zero-order valence-electron chi connectivity index (χ0n) is 15.2. The summed E-state index contributed by atoms with van der Waals surface area (Å²) in [5.74, 6) is -0.171. The van der Waals surface area contributed by atoms with Gasteiger partial charge in [-0.25, -0.2) is 0 Å². The number of nitrogens with zero attached hydrogens (tertiary/aromatic N) is 1. The van der Waals surface area contributed by atoms with E-state index in [4.69, 9.17) is 9.15 Å². The zero-order valence-corrected chi connectivity index (χ0v) is 15.2. The molecule has 3 rings (SSSR count). The average molecular weight is 371 g/mol. The van der Waals surface area contributed by atoms with Crippen molar-refractivity contribution >= 4 is 29.1 Å². The van der Waals surface area contributed by atoms with Crippen LogP contribution in [0.3, 0.4) is 0 Å². The first-order valence-electron chi connectivity index (χ1n) is 8.63. The van der Waals surface area contributed by atoms with Crippen LogP contribution in [0, 0.1) is 0 Å². The fourth-order valence-electron chi connectivity index (χ4n) is 2.87. The first kappa shape index (κ1) is 18.5. The number of hydrogen-bond acceptors (Lipinski definition) is 5. The molecule has 2 heterocycles. The smallest absolute Gasteiger partial charge is 0.287 e. The molecule has 2 aromatic rings. The van der Waals surface area contributed by atoms with Crippen molar-refractivity contribution < 1.29 is 23.5 Å². The predicted molar refractivity (Wildman–Crippen MR) is 98.8 cm³/mol. The molecule has 1 atom stereocenters. The molecule has 0 unspecified atom stereocenters. The Labute approximate surface area is 156 Å². The van der Waals surface area contributed by atoms with E-state index in [-0.39, 0.29) is 17.6 Å². The molecular weight excluding hydrogens is 350 g/mol. The molecule has 27 heavy (non-hydrogen) atoms. The van der Waals surface area contributed by atoms with Crippen LogP contribution in [0.5, 0.6) is 5.75 Å². The number of furan rings is 1. The van der Waals surface area contributed by atoms with Gasteiger partial charge in [-0.05, 0) is 37.6 Å². The van der Waals surface area contributed by atoms with E-state index in [1.807, 2.05) is 0 Å². The summed E-state index contributed by atoms with van der Waals surface area (Å²) in [6.07, 6.45) is 2.72. The Morgan fingerprint density at radius 3 is 2.74 bits per heavy atom. The maximum atomic E-state index is 12.3. The molecule has 1 aliphatic heterocycles. The lowest BCUT2D eigenvalue weighted by molar-refractivity contribution is -0.118. The summed E-state index contributed by atoms with van der Waals surface area (Å²) in [7, 11) is 1.51. The van der Waals surface area contributed by atoms with Crippen LogP contribution in [0.2, 0.25) is 0 Å². The van der Waals surface area contributed by atoms with Crippen molar-refractivity contribution in [3.8, 4) is 5.75 Å². The Kier molecular flexibility index (Phi) is 5.44. The topological polar surface area (TPSA) is 101 Å². The third-order valence-electron chi connectivity index (χ3n) is 4.30. The fourth-order valence-corrected chi connectivity index (χ4v) is 2.87. The number of amides is 3. The van der Waals surface area contributed by atoms with Crippen molar-refractivity contribution in [2.24, 2.45) is 0 Å². The van der Waals surface area contributed by atoms with Crippen LogP contribution >= 0.6 is 0 Å². The molecule has 1 fully saturated rings. The summed E-state index contributed by atoms with van der Waals surface area (Å²) in [4.78, 5) is 37.9. The maximum absolute atomic E-state index is 12.3. The molecule has 1 aromatic carbocycles. The summed E-state index contributed by atoms with van der Waals surface area (Å²) < 4.78 is 10.4. The number of anilines is 2. The molecule has 0 bridgehead atoms. The van der Waals surface area contributed by atoms with Gasteiger partial charge in [0.05, 0.1) is 19.1 Å². The normalized spacial score (nSPS) is 14.7. The van der Waals surface area contributed by atoms with E-state index >= 15 is 0 Å². The van der Waals surface area contributed by atoms with Crippen LogP contribution in [0.15, 0.2) is 41.0 Å². The standard InChI is InChI=1S/C19H21N3O5/c1-12(20-19(25)15-5-4-10-27-15)18(24)21-13-7-8-14(16(11-13)26-2)22-9-3-6-17(22)23/h4-5,7-8,10-12H,3,6,9H2,1-2H3,(H,20,25)(H,21,24)/t12-/m1/s1. The average Bonchev–Trinajstić information content (AvgIpc) is 3.33. The van der Waals surface area contributed by atoms with Crippen LogP contribution < -0.4 is 20.3 Å². The molecule has 3 amide bonds. The van der Waals surface area contributed by atoms with Crippen molar-refractivity contribution in [1.82, 2.24) is 5.32 Å². The second-order valence-electron chi connectivity index (χ2n) is 6.20. The molecule has 2 N–H and O–H groups in total. The summed E-state index contributed by atoms with van der Waals surface area (Å²) in [5.41, 5.74) is 1.18. The van der Waals surface area contributed by atoms with Gasteiger partial charge >= 0.3 is 0 Å². The summed E-state index contributed by atoms with van der Waals surface area (Å²) in [5, 5.41) is 5.29. The largest absolute Gasteiger partial charge is 0.494 e. The second kappa shape index (κ2) is 7.94. The first-order valence-corrected chi connectivity index (χ1v) is 8.63. The SMILES string of the molecule is COc1cc(NC(=O)[C@@H](C)NC(=O)c2ccco2)ccc1N1CCCC1=O. The Balaban J connectivity index is 1.66. The zero-order chi connectivity index (χ0) is 19.4. The highest BCUT2D eigenvalue weighted by Crippen LogP contribution is 2.33. The molecule has 1 aromatic heterocycles. The van der Waals surface area contributed by atoms with Crippen molar-refractivity contribution in [3.63, 3.8) is 0 Å². The molecule has 1 aliphatic rings. The van der Waals surface area contributed by atoms with Crippen LogP contribution in [0.1, 0.15) is 30.3 Å². The highest BCUT2D eigenvalue weighted by molar-refractivity contribution is 6.01. The lowest BCUT2D eigenvalue weighted by Crippen LogP contribution is -2.41. The number of methoxy groups -OCH3 is 1. The molecule has 0 aliphatic carbocycles. The third kappa shape index (κ3) is 4.11.